The molecular formula is C16H15FN4S. The van der Waals surface area contributed by atoms with Gasteiger partial charge >= 0.3 is 0 Å². The summed E-state index contributed by atoms with van der Waals surface area (Å²) < 4.78 is 14.4. The monoisotopic (exact) mass is 314 g/mol. The summed E-state index contributed by atoms with van der Waals surface area (Å²) in [6.45, 7) is 2.03. The summed E-state index contributed by atoms with van der Waals surface area (Å²) >= 11 is 1.47. The van der Waals surface area contributed by atoms with E-state index in [2.05, 4.69) is 10.2 Å². The van der Waals surface area contributed by atoms with Crippen LogP contribution in [-0.2, 0) is 5.75 Å². The molecular weight excluding hydrogens is 299 g/mol. The van der Waals surface area contributed by atoms with Crippen LogP contribution in [0.3, 0.4) is 0 Å². The number of aromatic nitrogens is 3. The van der Waals surface area contributed by atoms with Crippen molar-refractivity contribution in [3.8, 4) is 11.4 Å². The first kappa shape index (κ1) is 14.6. The van der Waals surface area contributed by atoms with Gasteiger partial charge in [-0.15, -0.1) is 10.2 Å². The van der Waals surface area contributed by atoms with Gasteiger partial charge in [0.2, 0.25) is 5.16 Å². The Hall–Kier alpha value is -2.34. The van der Waals surface area contributed by atoms with E-state index in [1.807, 2.05) is 31.2 Å². The molecule has 0 unspecified atom stereocenters. The van der Waals surface area contributed by atoms with Gasteiger partial charge in [0.1, 0.15) is 5.82 Å². The van der Waals surface area contributed by atoms with Crippen LogP contribution in [0.5, 0.6) is 0 Å². The molecule has 0 amide bonds. The molecule has 0 saturated heterocycles. The predicted molar refractivity (Wildman–Crippen MR) is 86.3 cm³/mol. The zero-order chi connectivity index (χ0) is 15.5. The minimum absolute atomic E-state index is 0.239. The molecule has 0 fully saturated rings. The van der Waals surface area contributed by atoms with Gasteiger partial charge in [-0.05, 0) is 24.6 Å². The van der Waals surface area contributed by atoms with E-state index in [0.717, 1.165) is 11.1 Å². The zero-order valence-corrected chi connectivity index (χ0v) is 12.8. The van der Waals surface area contributed by atoms with Crippen molar-refractivity contribution >= 4 is 11.8 Å². The number of halogens is 1. The van der Waals surface area contributed by atoms with Crippen molar-refractivity contribution in [2.45, 2.75) is 17.8 Å². The summed E-state index contributed by atoms with van der Waals surface area (Å²) in [6.07, 6.45) is 0. The van der Waals surface area contributed by atoms with Crippen LogP contribution in [0.1, 0.15) is 11.1 Å². The minimum atomic E-state index is -0.239. The normalized spacial score (nSPS) is 10.8. The number of nitrogen functional groups attached to an aromatic ring is 1. The highest BCUT2D eigenvalue weighted by atomic mass is 32.2. The van der Waals surface area contributed by atoms with E-state index in [4.69, 9.17) is 5.84 Å². The van der Waals surface area contributed by atoms with Gasteiger partial charge in [0, 0.05) is 11.3 Å². The van der Waals surface area contributed by atoms with E-state index >= 15 is 0 Å². The second kappa shape index (κ2) is 6.19. The van der Waals surface area contributed by atoms with Crippen LogP contribution in [0.25, 0.3) is 11.4 Å². The molecule has 0 saturated carbocycles. The third-order valence-electron chi connectivity index (χ3n) is 3.26. The summed E-state index contributed by atoms with van der Waals surface area (Å²) in [7, 11) is 0. The Labute approximate surface area is 132 Å². The molecule has 0 aliphatic heterocycles. The Morgan fingerprint density at radius 1 is 1.05 bits per heavy atom. The molecule has 0 atom stereocenters. The maximum Gasteiger partial charge on any atom is 0.210 e. The number of benzene rings is 2. The van der Waals surface area contributed by atoms with E-state index in [9.17, 15) is 4.39 Å². The number of thioether (sulfide) groups is 1. The maximum atomic E-state index is 12.9. The number of hydrogen-bond acceptors (Lipinski definition) is 4. The molecule has 112 valence electrons. The Balaban J connectivity index is 1.75. The highest BCUT2D eigenvalue weighted by Crippen LogP contribution is 2.24. The van der Waals surface area contributed by atoms with Gasteiger partial charge in [0.15, 0.2) is 5.82 Å². The average Bonchev–Trinajstić information content (AvgIpc) is 2.89. The Kier molecular flexibility index (Phi) is 4.11. The molecule has 1 aromatic heterocycles. The SMILES string of the molecule is Cc1ccc(-c2nnc(SCc3ccc(F)cc3)n2N)cc1. The third kappa shape index (κ3) is 3.12. The van der Waals surface area contributed by atoms with Gasteiger partial charge in [0.25, 0.3) is 0 Å². The molecule has 0 aliphatic carbocycles. The molecule has 0 radical (unpaired) electrons. The van der Waals surface area contributed by atoms with Gasteiger partial charge in [0.05, 0.1) is 0 Å². The van der Waals surface area contributed by atoms with Crippen LogP contribution in [-0.4, -0.2) is 14.9 Å². The van der Waals surface area contributed by atoms with Crippen molar-refractivity contribution in [3.63, 3.8) is 0 Å². The lowest BCUT2D eigenvalue weighted by Crippen LogP contribution is -2.11. The second-order valence-corrected chi connectivity index (χ2v) is 5.90. The summed E-state index contributed by atoms with van der Waals surface area (Å²) in [5.41, 5.74) is 3.11. The van der Waals surface area contributed by atoms with Crippen molar-refractivity contribution in [2.75, 3.05) is 5.84 Å². The molecule has 22 heavy (non-hydrogen) atoms. The second-order valence-electron chi connectivity index (χ2n) is 4.96. The number of hydrogen-bond donors (Lipinski definition) is 1. The van der Waals surface area contributed by atoms with Crippen molar-refractivity contribution < 1.29 is 4.39 Å². The van der Waals surface area contributed by atoms with Crippen molar-refractivity contribution in [2.24, 2.45) is 0 Å². The number of rotatable bonds is 4. The highest BCUT2D eigenvalue weighted by molar-refractivity contribution is 7.98. The number of nitrogens with zero attached hydrogens (tertiary/aromatic N) is 3. The van der Waals surface area contributed by atoms with E-state index in [0.29, 0.717) is 16.7 Å². The summed E-state index contributed by atoms with van der Waals surface area (Å²) in [5.74, 6) is 7.12. The summed E-state index contributed by atoms with van der Waals surface area (Å²) in [5, 5.41) is 8.90. The van der Waals surface area contributed by atoms with E-state index < -0.39 is 0 Å². The molecule has 0 bridgehead atoms. The molecule has 6 heteroatoms. The van der Waals surface area contributed by atoms with E-state index in [1.165, 1.54) is 34.1 Å². The smallest absolute Gasteiger partial charge is 0.210 e. The maximum absolute atomic E-state index is 12.9. The molecule has 2 N–H and O–H groups in total. The van der Waals surface area contributed by atoms with Crippen LogP contribution >= 0.6 is 11.8 Å². The van der Waals surface area contributed by atoms with Gasteiger partial charge in [-0.3, -0.25) is 0 Å². The third-order valence-corrected chi connectivity index (χ3v) is 4.27. The number of nitrogens with two attached hydrogens (primary N) is 1. The Morgan fingerprint density at radius 2 is 1.73 bits per heavy atom. The fourth-order valence-corrected chi connectivity index (χ4v) is 2.82. The lowest BCUT2D eigenvalue weighted by molar-refractivity contribution is 0.627. The average molecular weight is 314 g/mol. The summed E-state index contributed by atoms with van der Waals surface area (Å²) in [4.78, 5) is 0. The molecule has 0 aliphatic rings. The first-order valence-electron chi connectivity index (χ1n) is 6.78. The fourth-order valence-electron chi connectivity index (χ4n) is 2.00. The van der Waals surface area contributed by atoms with Crippen molar-refractivity contribution in [3.05, 3.63) is 65.5 Å². The highest BCUT2D eigenvalue weighted by Gasteiger charge is 2.12. The summed E-state index contributed by atoms with van der Waals surface area (Å²) in [6, 6.07) is 14.3. The lowest BCUT2D eigenvalue weighted by atomic mass is 10.1. The quantitative estimate of drug-likeness (QED) is 0.592. The number of aryl methyl sites for hydroxylation is 1. The molecule has 1 heterocycles. The molecule has 4 nitrogen and oxygen atoms in total. The van der Waals surface area contributed by atoms with Gasteiger partial charge in [-0.1, -0.05) is 53.7 Å². The first-order valence-corrected chi connectivity index (χ1v) is 7.77. The van der Waals surface area contributed by atoms with Crippen LogP contribution < -0.4 is 5.84 Å². The minimum Gasteiger partial charge on any atom is -0.335 e. The van der Waals surface area contributed by atoms with Crippen LogP contribution in [0.4, 0.5) is 4.39 Å². The Morgan fingerprint density at radius 3 is 2.41 bits per heavy atom. The van der Waals surface area contributed by atoms with Crippen molar-refractivity contribution in [1.29, 1.82) is 0 Å². The Bertz CT molecular complexity index is 766. The van der Waals surface area contributed by atoms with Crippen LogP contribution in [0, 0.1) is 12.7 Å². The fraction of sp³-hybridized carbons (Fsp3) is 0.125. The van der Waals surface area contributed by atoms with Crippen LogP contribution in [0.15, 0.2) is 53.7 Å². The van der Waals surface area contributed by atoms with Gasteiger partial charge < -0.3 is 5.84 Å². The zero-order valence-electron chi connectivity index (χ0n) is 12.0. The molecule has 3 aromatic rings. The predicted octanol–water partition coefficient (Wildman–Crippen LogP) is 3.40. The molecule has 0 spiro atoms. The standard InChI is InChI=1S/C16H15FN4S/c1-11-2-6-13(7-3-11)15-19-20-16(21(15)18)22-10-12-4-8-14(17)9-5-12/h2-9H,10,18H2,1H3. The molecule has 2 aromatic carbocycles. The van der Waals surface area contributed by atoms with E-state index in [-0.39, 0.29) is 5.82 Å². The largest absolute Gasteiger partial charge is 0.335 e. The molecule has 3 rings (SSSR count). The van der Waals surface area contributed by atoms with Crippen LogP contribution in [0.2, 0.25) is 0 Å². The topological polar surface area (TPSA) is 56.7 Å². The van der Waals surface area contributed by atoms with Gasteiger partial charge in [-0.2, -0.15) is 0 Å². The van der Waals surface area contributed by atoms with Crippen molar-refractivity contribution in [1.82, 2.24) is 14.9 Å². The first-order chi connectivity index (χ1) is 10.6. The van der Waals surface area contributed by atoms with Gasteiger partial charge in [-0.25, -0.2) is 9.07 Å². The lowest BCUT2D eigenvalue weighted by Gasteiger charge is -2.04. The van der Waals surface area contributed by atoms with E-state index in [1.54, 1.807) is 12.1 Å².